The SMILES string of the molecule is O=C(C1CC(O)CN1)N1CCCC(CCO)C1. The van der Waals surface area contributed by atoms with Gasteiger partial charge in [0.05, 0.1) is 12.1 Å². The molecule has 2 heterocycles. The van der Waals surface area contributed by atoms with Crippen molar-refractivity contribution in [3.63, 3.8) is 0 Å². The minimum Gasteiger partial charge on any atom is -0.396 e. The second-order valence-electron chi connectivity index (χ2n) is 5.16. The van der Waals surface area contributed by atoms with Crippen LogP contribution in [-0.2, 0) is 4.79 Å². The summed E-state index contributed by atoms with van der Waals surface area (Å²) >= 11 is 0. The molecule has 0 aromatic heterocycles. The lowest BCUT2D eigenvalue weighted by atomic mass is 9.94. The average Bonchev–Trinajstić information content (AvgIpc) is 2.76. The molecule has 2 rings (SSSR count). The molecule has 5 heteroatoms. The predicted molar refractivity (Wildman–Crippen MR) is 63.4 cm³/mol. The predicted octanol–water partition coefficient (Wildman–Crippen LogP) is -0.670. The first kappa shape index (κ1) is 12.8. The highest BCUT2D eigenvalue weighted by Gasteiger charge is 2.33. The Labute approximate surface area is 102 Å². The van der Waals surface area contributed by atoms with Crippen LogP contribution in [0.5, 0.6) is 0 Å². The Hall–Kier alpha value is -0.650. The van der Waals surface area contributed by atoms with Gasteiger partial charge in [-0.1, -0.05) is 0 Å². The molecule has 0 bridgehead atoms. The van der Waals surface area contributed by atoms with Crippen molar-refractivity contribution in [2.24, 2.45) is 5.92 Å². The van der Waals surface area contributed by atoms with Crippen molar-refractivity contribution in [3.05, 3.63) is 0 Å². The fraction of sp³-hybridized carbons (Fsp3) is 0.917. The van der Waals surface area contributed by atoms with E-state index in [9.17, 15) is 9.90 Å². The van der Waals surface area contributed by atoms with E-state index in [4.69, 9.17) is 5.11 Å². The molecule has 2 aliphatic heterocycles. The van der Waals surface area contributed by atoms with Gasteiger partial charge in [0.1, 0.15) is 0 Å². The number of amides is 1. The number of aliphatic hydroxyl groups excluding tert-OH is 2. The highest BCUT2D eigenvalue weighted by molar-refractivity contribution is 5.82. The van der Waals surface area contributed by atoms with Gasteiger partial charge in [0.15, 0.2) is 0 Å². The molecule has 2 aliphatic rings. The van der Waals surface area contributed by atoms with E-state index in [2.05, 4.69) is 5.32 Å². The topological polar surface area (TPSA) is 72.8 Å². The summed E-state index contributed by atoms with van der Waals surface area (Å²) in [6, 6.07) is -0.210. The number of β-amino-alcohol motifs (C(OH)–C–C–N with tert-alkyl or cyclic N) is 1. The lowest BCUT2D eigenvalue weighted by molar-refractivity contribution is -0.135. The maximum absolute atomic E-state index is 12.2. The van der Waals surface area contributed by atoms with Gasteiger partial charge in [0, 0.05) is 26.2 Å². The smallest absolute Gasteiger partial charge is 0.239 e. The molecule has 0 radical (unpaired) electrons. The van der Waals surface area contributed by atoms with Crippen LogP contribution in [-0.4, -0.2) is 59.4 Å². The van der Waals surface area contributed by atoms with Crippen molar-refractivity contribution in [2.45, 2.75) is 37.8 Å². The number of piperidine rings is 1. The number of nitrogens with one attached hydrogen (secondary N) is 1. The zero-order valence-electron chi connectivity index (χ0n) is 10.1. The standard InChI is InChI=1S/C12H22N2O3/c15-5-3-9-2-1-4-14(8-9)12(17)11-6-10(16)7-13-11/h9-11,13,15-16H,1-8H2. The summed E-state index contributed by atoms with van der Waals surface area (Å²) in [5.74, 6) is 0.549. The van der Waals surface area contributed by atoms with Crippen molar-refractivity contribution in [1.82, 2.24) is 10.2 Å². The normalized spacial score (nSPS) is 34.0. The van der Waals surface area contributed by atoms with E-state index in [0.29, 0.717) is 18.9 Å². The van der Waals surface area contributed by atoms with E-state index in [1.165, 1.54) is 0 Å². The Morgan fingerprint density at radius 2 is 2.29 bits per heavy atom. The second-order valence-corrected chi connectivity index (χ2v) is 5.16. The van der Waals surface area contributed by atoms with E-state index >= 15 is 0 Å². The van der Waals surface area contributed by atoms with Crippen molar-refractivity contribution >= 4 is 5.91 Å². The molecule has 0 aliphatic carbocycles. The molecule has 98 valence electrons. The zero-order chi connectivity index (χ0) is 12.3. The summed E-state index contributed by atoms with van der Waals surface area (Å²) in [6.45, 7) is 2.29. The lowest BCUT2D eigenvalue weighted by Gasteiger charge is -2.34. The summed E-state index contributed by atoms with van der Waals surface area (Å²) in [5, 5.41) is 21.4. The van der Waals surface area contributed by atoms with Gasteiger partial charge >= 0.3 is 0 Å². The van der Waals surface area contributed by atoms with Gasteiger partial charge in [-0.3, -0.25) is 4.79 Å². The van der Waals surface area contributed by atoms with Gasteiger partial charge in [-0.2, -0.15) is 0 Å². The van der Waals surface area contributed by atoms with E-state index < -0.39 is 0 Å². The number of hydrogen-bond acceptors (Lipinski definition) is 4. The van der Waals surface area contributed by atoms with Gasteiger partial charge in [-0.15, -0.1) is 0 Å². The highest BCUT2D eigenvalue weighted by Crippen LogP contribution is 2.21. The van der Waals surface area contributed by atoms with Gasteiger partial charge in [-0.25, -0.2) is 0 Å². The van der Waals surface area contributed by atoms with Gasteiger partial charge in [-0.05, 0) is 31.6 Å². The molecular weight excluding hydrogens is 220 g/mol. The molecule has 5 nitrogen and oxygen atoms in total. The number of rotatable bonds is 3. The Morgan fingerprint density at radius 3 is 2.94 bits per heavy atom. The molecular formula is C12H22N2O3. The molecule has 3 atom stereocenters. The summed E-state index contributed by atoms with van der Waals surface area (Å²) in [4.78, 5) is 14.1. The summed E-state index contributed by atoms with van der Waals surface area (Å²) in [7, 11) is 0. The molecule has 0 aromatic carbocycles. The first-order chi connectivity index (χ1) is 8.20. The third-order valence-corrected chi connectivity index (χ3v) is 3.77. The number of likely N-dealkylation sites (tertiary alicyclic amines) is 1. The zero-order valence-corrected chi connectivity index (χ0v) is 10.1. The van der Waals surface area contributed by atoms with E-state index in [1.54, 1.807) is 0 Å². The Balaban J connectivity index is 1.86. The van der Waals surface area contributed by atoms with Gasteiger partial charge < -0.3 is 20.4 Å². The average molecular weight is 242 g/mol. The van der Waals surface area contributed by atoms with Crippen LogP contribution in [0.2, 0.25) is 0 Å². The van der Waals surface area contributed by atoms with Crippen LogP contribution < -0.4 is 5.32 Å². The largest absolute Gasteiger partial charge is 0.396 e. The molecule has 3 N–H and O–H groups in total. The van der Waals surface area contributed by atoms with Crippen LogP contribution in [0.25, 0.3) is 0 Å². The molecule has 17 heavy (non-hydrogen) atoms. The monoisotopic (exact) mass is 242 g/mol. The van der Waals surface area contributed by atoms with Crippen molar-refractivity contribution in [1.29, 1.82) is 0 Å². The molecule has 0 saturated carbocycles. The molecule has 2 fully saturated rings. The van der Waals surface area contributed by atoms with Crippen LogP contribution >= 0.6 is 0 Å². The summed E-state index contributed by atoms with van der Waals surface area (Å²) in [5.41, 5.74) is 0. The van der Waals surface area contributed by atoms with Crippen LogP contribution in [0, 0.1) is 5.92 Å². The number of carbonyl (C=O) groups excluding carboxylic acids is 1. The molecule has 1 amide bonds. The Kier molecular flexibility index (Phi) is 4.36. The third-order valence-electron chi connectivity index (χ3n) is 3.77. The quantitative estimate of drug-likeness (QED) is 0.614. The second kappa shape index (κ2) is 5.80. The van der Waals surface area contributed by atoms with Crippen molar-refractivity contribution < 1.29 is 15.0 Å². The number of nitrogens with zero attached hydrogens (tertiary/aromatic N) is 1. The number of hydrogen-bond donors (Lipinski definition) is 3. The fourth-order valence-electron chi connectivity index (χ4n) is 2.81. The van der Waals surface area contributed by atoms with Crippen LogP contribution in [0.1, 0.15) is 25.7 Å². The number of carbonyl (C=O) groups is 1. The van der Waals surface area contributed by atoms with Gasteiger partial charge in [0.2, 0.25) is 5.91 Å². The highest BCUT2D eigenvalue weighted by atomic mass is 16.3. The fourth-order valence-corrected chi connectivity index (χ4v) is 2.81. The van der Waals surface area contributed by atoms with Crippen molar-refractivity contribution in [3.8, 4) is 0 Å². The van der Waals surface area contributed by atoms with Crippen LogP contribution in [0.15, 0.2) is 0 Å². The Morgan fingerprint density at radius 1 is 1.47 bits per heavy atom. The maximum Gasteiger partial charge on any atom is 0.239 e. The third kappa shape index (κ3) is 3.18. The van der Waals surface area contributed by atoms with E-state index in [1.807, 2.05) is 4.90 Å². The summed E-state index contributed by atoms with van der Waals surface area (Å²) < 4.78 is 0. The molecule has 3 unspecified atom stereocenters. The first-order valence-electron chi connectivity index (χ1n) is 6.52. The lowest BCUT2D eigenvalue weighted by Crippen LogP contribution is -2.47. The summed E-state index contributed by atoms with van der Waals surface area (Å²) in [6.07, 6.45) is 3.04. The van der Waals surface area contributed by atoms with Crippen LogP contribution in [0.4, 0.5) is 0 Å². The van der Waals surface area contributed by atoms with Crippen LogP contribution in [0.3, 0.4) is 0 Å². The number of aliphatic hydroxyl groups is 2. The maximum atomic E-state index is 12.2. The minimum absolute atomic E-state index is 0.115. The molecule has 0 aromatic rings. The molecule has 0 spiro atoms. The minimum atomic E-state index is -0.387. The Bertz CT molecular complexity index is 270. The molecule has 2 saturated heterocycles. The van der Waals surface area contributed by atoms with E-state index in [-0.39, 0.29) is 24.7 Å². The van der Waals surface area contributed by atoms with Gasteiger partial charge in [0.25, 0.3) is 0 Å². The van der Waals surface area contributed by atoms with Crippen molar-refractivity contribution in [2.75, 3.05) is 26.2 Å². The first-order valence-corrected chi connectivity index (χ1v) is 6.52. The van der Waals surface area contributed by atoms with E-state index in [0.717, 1.165) is 32.4 Å².